The molecule has 1 spiro atoms. The number of fused-ring (bicyclic) bond motifs is 8. The predicted octanol–water partition coefficient (Wildman–Crippen LogP) is 13.0. The summed E-state index contributed by atoms with van der Waals surface area (Å²) in [4.78, 5) is 2.37. The van der Waals surface area contributed by atoms with E-state index in [4.69, 9.17) is 0 Å². The second kappa shape index (κ2) is 16.4. The van der Waals surface area contributed by atoms with Crippen LogP contribution in [-0.4, -0.2) is 0 Å². The molecular weight excluding hydrogens is 693 g/mol. The minimum absolute atomic E-state index is 0.123. The van der Waals surface area contributed by atoms with E-state index in [1.807, 2.05) is 56.3 Å². The van der Waals surface area contributed by atoms with Crippen LogP contribution in [0.4, 0.5) is 11.4 Å². The molecule has 4 heteroatoms. The molecule has 6 aromatic rings. The summed E-state index contributed by atoms with van der Waals surface area (Å²) in [6, 6.07) is 53.9. The maximum absolute atomic E-state index is 9.38. The van der Waals surface area contributed by atoms with E-state index in [2.05, 4.69) is 168 Å². The number of nitriles is 1. The zero-order valence-corrected chi connectivity index (χ0v) is 32.5. The number of allylic oxidation sites excluding steroid dienone is 7. The van der Waals surface area contributed by atoms with Gasteiger partial charge in [0.15, 0.2) is 0 Å². The first-order chi connectivity index (χ1) is 28.2. The van der Waals surface area contributed by atoms with Crippen LogP contribution in [0.2, 0.25) is 0 Å². The number of nitrogens with one attached hydrogen (secondary N) is 2. The van der Waals surface area contributed by atoms with Gasteiger partial charge in [0.25, 0.3) is 0 Å². The van der Waals surface area contributed by atoms with Crippen LogP contribution in [0.1, 0.15) is 66.1 Å². The van der Waals surface area contributed by atoms with Crippen molar-refractivity contribution >= 4 is 11.4 Å². The highest BCUT2D eigenvalue weighted by Crippen LogP contribution is 2.62. The summed E-state index contributed by atoms with van der Waals surface area (Å²) in [5.74, 6) is 0. The molecule has 3 aliphatic rings. The summed E-state index contributed by atoms with van der Waals surface area (Å²) in [7, 11) is 0. The van der Waals surface area contributed by atoms with Gasteiger partial charge in [-0.1, -0.05) is 154 Å². The number of anilines is 2. The van der Waals surface area contributed by atoms with Gasteiger partial charge in [0.2, 0.25) is 0 Å². The number of nitrogens with zero attached hydrogens (tertiary/aromatic N) is 2. The van der Waals surface area contributed by atoms with Crippen molar-refractivity contribution in [1.29, 1.82) is 5.26 Å². The number of hydrazine groups is 1. The van der Waals surface area contributed by atoms with Crippen LogP contribution in [0.25, 0.3) is 22.3 Å². The fourth-order valence-corrected chi connectivity index (χ4v) is 8.75. The maximum atomic E-state index is 9.38. The van der Waals surface area contributed by atoms with Gasteiger partial charge in [-0.2, -0.15) is 5.26 Å². The Morgan fingerprint density at radius 1 is 0.702 bits per heavy atom. The molecular formula is C53H46N4. The Balaban J connectivity index is 0.00000224. The van der Waals surface area contributed by atoms with Crippen LogP contribution in [0, 0.1) is 11.3 Å². The Labute approximate surface area is 337 Å². The van der Waals surface area contributed by atoms with Crippen LogP contribution in [-0.2, 0) is 5.41 Å². The standard InChI is InChI=1S/C51H40N4.C2H6/c1-2-3-4-14-32-55-48-24-12-10-22-45(48)51(46-23-11-13-25-49(46)55)44-21-9-8-20-42(44)43-31-30-40(34-47(43)51)39-18-15-19-41(33-39)53-54-50(37-16-6-5-7-17-37)38-28-26-36(35-52)27-29-38;1-2/h2-10,12-22,24-34,50,53-54H,1,11,23H2;1-2H3/b4-3-,32-14-;. The molecule has 0 radical (unpaired) electrons. The first-order valence-electron chi connectivity index (χ1n) is 19.9. The average molecular weight is 739 g/mol. The van der Waals surface area contributed by atoms with Crippen molar-refractivity contribution in [1.82, 2.24) is 5.43 Å². The molecule has 4 nitrogen and oxygen atoms in total. The lowest BCUT2D eigenvalue weighted by Gasteiger charge is -2.46. The van der Waals surface area contributed by atoms with Crippen molar-refractivity contribution in [2.75, 3.05) is 10.3 Å². The van der Waals surface area contributed by atoms with Crippen LogP contribution in [0.15, 0.2) is 206 Å². The van der Waals surface area contributed by atoms with Gasteiger partial charge in [0, 0.05) is 17.6 Å². The van der Waals surface area contributed by atoms with E-state index >= 15 is 0 Å². The van der Waals surface area contributed by atoms with E-state index in [1.165, 1.54) is 50.3 Å². The summed E-state index contributed by atoms with van der Waals surface area (Å²) in [5.41, 5.74) is 23.2. The Kier molecular flexibility index (Phi) is 10.7. The lowest BCUT2D eigenvalue weighted by atomic mass is 9.62. The number of hydrogen-bond donors (Lipinski definition) is 2. The van der Waals surface area contributed by atoms with Crippen LogP contribution < -0.4 is 15.8 Å². The number of hydrogen-bond acceptors (Lipinski definition) is 4. The quantitative estimate of drug-likeness (QED) is 0.115. The zero-order valence-electron chi connectivity index (χ0n) is 32.5. The molecule has 2 atom stereocenters. The van der Waals surface area contributed by atoms with Gasteiger partial charge in [-0.05, 0) is 117 Å². The molecule has 0 fully saturated rings. The van der Waals surface area contributed by atoms with E-state index in [0.717, 1.165) is 35.2 Å². The molecule has 0 saturated carbocycles. The second-order valence-corrected chi connectivity index (χ2v) is 14.1. The van der Waals surface area contributed by atoms with Crippen molar-refractivity contribution in [2.45, 2.75) is 38.1 Å². The molecule has 1 aliphatic heterocycles. The lowest BCUT2D eigenvalue weighted by molar-refractivity contribution is 0.663. The Hall–Kier alpha value is -6.93. The Morgan fingerprint density at radius 3 is 2.23 bits per heavy atom. The van der Waals surface area contributed by atoms with Gasteiger partial charge in [-0.3, -0.25) is 0 Å². The van der Waals surface area contributed by atoms with Crippen molar-refractivity contribution in [3.05, 3.63) is 239 Å². The third-order valence-corrected chi connectivity index (χ3v) is 11.1. The van der Waals surface area contributed by atoms with E-state index in [1.54, 1.807) is 6.08 Å². The van der Waals surface area contributed by atoms with Gasteiger partial charge in [-0.15, -0.1) is 0 Å². The Bertz CT molecular complexity index is 2590. The van der Waals surface area contributed by atoms with Crippen LogP contribution >= 0.6 is 0 Å². The van der Waals surface area contributed by atoms with Gasteiger partial charge < -0.3 is 10.3 Å². The molecule has 9 rings (SSSR count). The minimum Gasteiger partial charge on any atom is -0.321 e. The first kappa shape index (κ1) is 37.0. The highest BCUT2D eigenvalue weighted by molar-refractivity contribution is 5.92. The van der Waals surface area contributed by atoms with E-state index < -0.39 is 5.41 Å². The molecule has 2 aliphatic carbocycles. The van der Waals surface area contributed by atoms with Crippen molar-refractivity contribution < 1.29 is 0 Å². The summed E-state index contributed by atoms with van der Waals surface area (Å²) in [5, 5.41) is 9.38. The molecule has 2 N–H and O–H groups in total. The second-order valence-electron chi connectivity index (χ2n) is 14.1. The predicted molar refractivity (Wildman–Crippen MR) is 238 cm³/mol. The van der Waals surface area contributed by atoms with E-state index in [0.29, 0.717) is 5.56 Å². The topological polar surface area (TPSA) is 51.1 Å². The summed E-state index contributed by atoms with van der Waals surface area (Å²) in [6.07, 6.45) is 16.7. The van der Waals surface area contributed by atoms with Crippen molar-refractivity contribution in [3.63, 3.8) is 0 Å². The smallest absolute Gasteiger partial charge is 0.0991 e. The first-order valence-corrected chi connectivity index (χ1v) is 19.9. The fraction of sp³-hybridized carbons (Fsp3) is 0.113. The highest BCUT2D eigenvalue weighted by atomic mass is 15.4. The van der Waals surface area contributed by atoms with Crippen LogP contribution in [0.3, 0.4) is 0 Å². The summed E-state index contributed by atoms with van der Waals surface area (Å²) in [6.45, 7) is 7.85. The van der Waals surface area contributed by atoms with E-state index in [-0.39, 0.29) is 6.04 Å². The number of para-hydroxylation sites is 1. The molecule has 0 saturated heterocycles. The molecule has 1 heterocycles. The summed E-state index contributed by atoms with van der Waals surface area (Å²) < 4.78 is 0. The third kappa shape index (κ3) is 6.63. The highest BCUT2D eigenvalue weighted by Gasteiger charge is 2.52. The number of benzene rings is 6. The molecule has 2 unspecified atom stereocenters. The molecule has 0 amide bonds. The van der Waals surface area contributed by atoms with Gasteiger partial charge >= 0.3 is 0 Å². The van der Waals surface area contributed by atoms with Gasteiger partial charge in [-0.25, -0.2) is 5.43 Å². The maximum Gasteiger partial charge on any atom is 0.0991 e. The Morgan fingerprint density at radius 2 is 1.42 bits per heavy atom. The van der Waals surface area contributed by atoms with Crippen molar-refractivity contribution in [2.24, 2.45) is 0 Å². The minimum atomic E-state index is -0.429. The fourth-order valence-electron chi connectivity index (χ4n) is 8.75. The SMILES string of the molecule is C=C/C=C\C=C/N1C2=C(CCC=C2)C2(c3ccccc3-c3ccc(-c4cccc(NNC(c5ccccc5)c5ccc(C#N)cc5)c4)cc32)c2ccccc21.CC. The molecule has 278 valence electrons. The average Bonchev–Trinajstić information content (AvgIpc) is 3.57. The largest absolute Gasteiger partial charge is 0.321 e. The van der Waals surface area contributed by atoms with Gasteiger partial charge in [0.1, 0.15) is 0 Å². The zero-order chi connectivity index (χ0) is 39.2. The van der Waals surface area contributed by atoms with Crippen molar-refractivity contribution in [3.8, 4) is 28.3 Å². The normalized spacial score (nSPS) is 16.6. The molecule has 57 heavy (non-hydrogen) atoms. The summed E-state index contributed by atoms with van der Waals surface area (Å²) >= 11 is 0. The molecule has 0 aromatic heterocycles. The van der Waals surface area contributed by atoms with E-state index in [9.17, 15) is 5.26 Å². The monoisotopic (exact) mass is 738 g/mol. The van der Waals surface area contributed by atoms with Gasteiger partial charge in [0.05, 0.1) is 28.8 Å². The molecule has 0 bridgehead atoms. The number of rotatable bonds is 9. The lowest BCUT2D eigenvalue weighted by Crippen LogP contribution is -2.39. The molecule has 6 aromatic carbocycles. The van der Waals surface area contributed by atoms with Crippen LogP contribution in [0.5, 0.6) is 0 Å². The third-order valence-electron chi connectivity index (χ3n) is 11.1.